The molecule has 0 saturated heterocycles. The maximum atomic E-state index is 13.3. The molecule has 3 aromatic rings. The highest BCUT2D eigenvalue weighted by Crippen LogP contribution is 2.26. The number of benzene rings is 2. The van der Waals surface area contributed by atoms with Crippen LogP contribution in [-0.2, 0) is 0 Å². The Morgan fingerprint density at radius 1 is 1.09 bits per heavy atom. The number of pyridine rings is 1. The van der Waals surface area contributed by atoms with Crippen LogP contribution in [0.15, 0.2) is 53.3 Å². The van der Waals surface area contributed by atoms with Crippen LogP contribution < -0.4 is 5.43 Å². The highest BCUT2D eigenvalue weighted by Gasteiger charge is 2.18. The van der Waals surface area contributed by atoms with Gasteiger partial charge in [-0.25, -0.2) is 4.39 Å². The lowest BCUT2D eigenvalue weighted by Gasteiger charge is -2.20. The minimum absolute atomic E-state index is 0.00865. The smallest absolute Gasteiger partial charge is 0.193 e. The van der Waals surface area contributed by atoms with E-state index in [2.05, 4.69) is 0 Å². The molecule has 1 aromatic heterocycles. The number of halogens is 1. The van der Waals surface area contributed by atoms with Crippen LogP contribution in [0.2, 0.25) is 0 Å². The van der Waals surface area contributed by atoms with Gasteiger partial charge in [0.1, 0.15) is 5.82 Å². The fourth-order valence-electron chi connectivity index (χ4n) is 2.96. The van der Waals surface area contributed by atoms with E-state index in [1.807, 2.05) is 42.7 Å². The molecule has 115 valence electrons. The van der Waals surface area contributed by atoms with Crippen LogP contribution in [0.3, 0.4) is 0 Å². The minimum Gasteiger partial charge on any atom is -0.309 e. The van der Waals surface area contributed by atoms with Crippen LogP contribution in [0.5, 0.6) is 0 Å². The SMILES string of the molecule is [CH]=Cc1c(C(C)C)c(=O)c2ccccc2n1-c1ccc(F)cc1. The van der Waals surface area contributed by atoms with Crippen molar-refractivity contribution in [3.05, 3.63) is 82.4 Å². The molecule has 3 rings (SSSR count). The Kier molecular flexibility index (Phi) is 3.87. The molecule has 0 bridgehead atoms. The zero-order valence-electron chi connectivity index (χ0n) is 13.1. The van der Waals surface area contributed by atoms with Gasteiger partial charge >= 0.3 is 0 Å². The van der Waals surface area contributed by atoms with Crippen molar-refractivity contribution in [3.63, 3.8) is 0 Å². The van der Waals surface area contributed by atoms with Crippen LogP contribution in [0.1, 0.15) is 31.0 Å². The summed E-state index contributed by atoms with van der Waals surface area (Å²) in [6, 6.07) is 13.6. The van der Waals surface area contributed by atoms with Crippen molar-refractivity contribution in [3.8, 4) is 5.69 Å². The number of rotatable bonds is 3. The summed E-state index contributed by atoms with van der Waals surface area (Å²) in [5.41, 5.74) is 2.82. The molecule has 0 spiro atoms. The number of nitrogens with zero attached hydrogens (tertiary/aromatic N) is 1. The van der Waals surface area contributed by atoms with Gasteiger partial charge in [-0.05, 0) is 48.4 Å². The van der Waals surface area contributed by atoms with E-state index < -0.39 is 0 Å². The van der Waals surface area contributed by atoms with Gasteiger partial charge in [-0.15, -0.1) is 0 Å². The van der Waals surface area contributed by atoms with Gasteiger partial charge < -0.3 is 4.57 Å². The molecular weight excluding hydrogens is 289 g/mol. The molecule has 0 atom stereocenters. The van der Waals surface area contributed by atoms with Gasteiger partial charge in [0.25, 0.3) is 0 Å². The summed E-state index contributed by atoms with van der Waals surface area (Å²) < 4.78 is 15.2. The third-order valence-electron chi connectivity index (χ3n) is 3.97. The maximum absolute atomic E-state index is 13.3. The fraction of sp³-hybridized carbons (Fsp3) is 0.150. The first-order chi connectivity index (χ1) is 11.0. The van der Waals surface area contributed by atoms with Crippen LogP contribution in [-0.4, -0.2) is 4.57 Å². The van der Waals surface area contributed by atoms with Crippen molar-refractivity contribution in [2.75, 3.05) is 0 Å². The Morgan fingerprint density at radius 2 is 1.74 bits per heavy atom. The Bertz CT molecular complexity index is 936. The molecule has 2 nitrogen and oxygen atoms in total. The number of hydrogen-bond donors (Lipinski definition) is 0. The maximum Gasteiger partial charge on any atom is 0.193 e. The number of fused-ring (bicyclic) bond motifs is 1. The van der Waals surface area contributed by atoms with Gasteiger partial charge in [0.05, 0.1) is 11.2 Å². The van der Waals surface area contributed by atoms with Gasteiger partial charge in [-0.1, -0.05) is 32.6 Å². The summed E-state index contributed by atoms with van der Waals surface area (Å²) in [5, 5.41) is 0.631. The van der Waals surface area contributed by atoms with E-state index in [-0.39, 0.29) is 17.2 Å². The van der Waals surface area contributed by atoms with Gasteiger partial charge in [-0.2, -0.15) is 0 Å². The molecule has 0 aliphatic heterocycles. The molecule has 0 aliphatic carbocycles. The standard InChI is InChI=1S/C20H17FNO/c1-4-17-19(13(2)3)20(23)16-7-5-6-8-18(16)22(17)15-11-9-14(21)10-12-15/h1,4-13H,2-3H3. The van der Waals surface area contributed by atoms with Crippen molar-refractivity contribution >= 4 is 17.0 Å². The number of hydrogen-bond acceptors (Lipinski definition) is 1. The summed E-state index contributed by atoms with van der Waals surface area (Å²) in [6.45, 7) is 9.79. The molecule has 1 heterocycles. The molecule has 0 saturated carbocycles. The first-order valence-corrected chi connectivity index (χ1v) is 7.53. The predicted octanol–water partition coefficient (Wildman–Crippen LogP) is 4.70. The predicted molar refractivity (Wildman–Crippen MR) is 92.4 cm³/mol. The Morgan fingerprint density at radius 3 is 2.35 bits per heavy atom. The summed E-state index contributed by atoms with van der Waals surface area (Å²) in [6.07, 6.45) is 1.45. The first kappa shape index (κ1) is 15.2. The minimum atomic E-state index is -0.304. The van der Waals surface area contributed by atoms with E-state index in [1.165, 1.54) is 18.2 Å². The van der Waals surface area contributed by atoms with E-state index in [1.54, 1.807) is 12.1 Å². The van der Waals surface area contributed by atoms with Crippen molar-refractivity contribution in [2.45, 2.75) is 19.8 Å². The first-order valence-electron chi connectivity index (χ1n) is 7.53. The quantitative estimate of drug-likeness (QED) is 0.687. The van der Waals surface area contributed by atoms with Gasteiger partial charge in [0.2, 0.25) is 0 Å². The third kappa shape index (κ3) is 2.48. The molecule has 1 radical (unpaired) electrons. The molecule has 2 aromatic carbocycles. The topological polar surface area (TPSA) is 22.0 Å². The summed E-state index contributed by atoms with van der Waals surface area (Å²) in [7, 11) is 0. The lowest BCUT2D eigenvalue weighted by atomic mass is 9.97. The van der Waals surface area contributed by atoms with Crippen LogP contribution in [0, 0.1) is 12.4 Å². The zero-order chi connectivity index (χ0) is 16.6. The van der Waals surface area contributed by atoms with Crippen LogP contribution in [0.4, 0.5) is 4.39 Å². The number of aromatic nitrogens is 1. The Hall–Kier alpha value is -2.68. The summed E-state index contributed by atoms with van der Waals surface area (Å²) in [4.78, 5) is 12.8. The average Bonchev–Trinajstić information content (AvgIpc) is 2.55. The molecule has 3 heteroatoms. The Balaban J connectivity index is 2.53. The highest BCUT2D eigenvalue weighted by molar-refractivity contribution is 5.83. The zero-order valence-corrected chi connectivity index (χ0v) is 13.1. The fourth-order valence-corrected chi connectivity index (χ4v) is 2.96. The van der Waals surface area contributed by atoms with Gasteiger partial charge in [0, 0.05) is 16.6 Å². The van der Waals surface area contributed by atoms with E-state index in [4.69, 9.17) is 6.58 Å². The van der Waals surface area contributed by atoms with E-state index >= 15 is 0 Å². The van der Waals surface area contributed by atoms with Crippen LogP contribution in [0.25, 0.3) is 22.7 Å². The van der Waals surface area contributed by atoms with Crippen LogP contribution >= 0.6 is 0 Å². The second kappa shape index (κ2) is 5.84. The molecular formula is C20H17FNO. The molecule has 0 fully saturated rings. The highest BCUT2D eigenvalue weighted by atomic mass is 19.1. The normalized spacial score (nSPS) is 11.1. The van der Waals surface area contributed by atoms with E-state index in [0.29, 0.717) is 16.6 Å². The van der Waals surface area contributed by atoms with E-state index in [0.717, 1.165) is 11.2 Å². The molecule has 0 N–H and O–H groups in total. The van der Waals surface area contributed by atoms with Crippen molar-refractivity contribution < 1.29 is 4.39 Å². The number of para-hydroxylation sites is 1. The average molecular weight is 306 g/mol. The second-order valence-electron chi connectivity index (χ2n) is 5.78. The van der Waals surface area contributed by atoms with Crippen molar-refractivity contribution in [1.29, 1.82) is 0 Å². The molecule has 0 unspecified atom stereocenters. The van der Waals surface area contributed by atoms with Crippen molar-refractivity contribution in [1.82, 2.24) is 4.57 Å². The third-order valence-corrected chi connectivity index (χ3v) is 3.97. The lowest BCUT2D eigenvalue weighted by Crippen LogP contribution is -2.19. The lowest BCUT2D eigenvalue weighted by molar-refractivity contribution is 0.627. The Labute approximate surface area is 134 Å². The van der Waals surface area contributed by atoms with Gasteiger partial charge in [-0.3, -0.25) is 4.79 Å². The summed E-state index contributed by atoms with van der Waals surface area (Å²) >= 11 is 0. The monoisotopic (exact) mass is 306 g/mol. The van der Waals surface area contributed by atoms with Gasteiger partial charge in [0.15, 0.2) is 5.43 Å². The summed E-state index contributed by atoms with van der Waals surface area (Å²) in [5.74, 6) is -0.282. The molecule has 23 heavy (non-hydrogen) atoms. The largest absolute Gasteiger partial charge is 0.309 e. The second-order valence-corrected chi connectivity index (χ2v) is 5.78. The van der Waals surface area contributed by atoms with E-state index in [9.17, 15) is 9.18 Å². The molecule has 0 aliphatic rings. The molecule has 0 amide bonds. The van der Waals surface area contributed by atoms with Crippen molar-refractivity contribution in [2.24, 2.45) is 0 Å².